The van der Waals surface area contributed by atoms with E-state index in [2.05, 4.69) is 58.3 Å². The van der Waals surface area contributed by atoms with Gasteiger partial charge in [-0.15, -0.1) is 0 Å². The monoisotopic (exact) mass is 336 g/mol. The number of hydrogen-bond acceptors (Lipinski definition) is 3. The van der Waals surface area contributed by atoms with Crippen LogP contribution in [0.15, 0.2) is 57.0 Å². The molecule has 4 heteroatoms. The molecule has 0 aliphatic rings. The standard InChI is InChI=1S/C15H17BrN2S/c1-3-17-11(2)12-7-6-10-18-15(12)19-14-9-5-4-8-13(14)16/h4-11,17H,3H2,1-2H3. The summed E-state index contributed by atoms with van der Waals surface area (Å²) < 4.78 is 1.10. The van der Waals surface area contributed by atoms with Crippen LogP contribution in [0.5, 0.6) is 0 Å². The molecule has 0 bridgehead atoms. The highest BCUT2D eigenvalue weighted by molar-refractivity contribution is 9.10. The minimum absolute atomic E-state index is 0.309. The lowest BCUT2D eigenvalue weighted by Gasteiger charge is -2.16. The van der Waals surface area contributed by atoms with Gasteiger partial charge in [-0.3, -0.25) is 0 Å². The quantitative estimate of drug-likeness (QED) is 0.858. The number of halogens is 1. The summed E-state index contributed by atoms with van der Waals surface area (Å²) in [4.78, 5) is 5.71. The first kappa shape index (κ1) is 14.6. The van der Waals surface area contributed by atoms with Crippen LogP contribution in [0.3, 0.4) is 0 Å². The Kier molecular flexibility index (Phi) is 5.43. The van der Waals surface area contributed by atoms with Gasteiger partial charge in [-0.1, -0.05) is 36.9 Å². The lowest BCUT2D eigenvalue weighted by Crippen LogP contribution is -2.18. The maximum absolute atomic E-state index is 4.52. The molecule has 19 heavy (non-hydrogen) atoms. The highest BCUT2D eigenvalue weighted by Crippen LogP contribution is 2.35. The van der Waals surface area contributed by atoms with Crippen molar-refractivity contribution in [1.82, 2.24) is 10.3 Å². The molecule has 0 saturated carbocycles. The molecule has 2 rings (SSSR count). The number of pyridine rings is 1. The Morgan fingerprint density at radius 3 is 2.79 bits per heavy atom. The van der Waals surface area contributed by atoms with E-state index in [1.54, 1.807) is 11.8 Å². The summed E-state index contributed by atoms with van der Waals surface area (Å²) in [6, 6.07) is 12.7. The number of aromatic nitrogens is 1. The fourth-order valence-corrected chi connectivity index (χ4v) is 3.39. The zero-order valence-electron chi connectivity index (χ0n) is 11.1. The lowest BCUT2D eigenvalue weighted by molar-refractivity contribution is 0.585. The maximum atomic E-state index is 4.52. The summed E-state index contributed by atoms with van der Waals surface area (Å²) >= 11 is 5.28. The summed E-state index contributed by atoms with van der Waals surface area (Å²) in [5, 5.41) is 4.50. The summed E-state index contributed by atoms with van der Waals surface area (Å²) in [6.45, 7) is 5.24. The van der Waals surface area contributed by atoms with Crippen molar-refractivity contribution in [2.45, 2.75) is 29.8 Å². The molecule has 100 valence electrons. The summed E-state index contributed by atoms with van der Waals surface area (Å²) in [6.07, 6.45) is 1.85. The van der Waals surface area contributed by atoms with Crippen LogP contribution in [0.25, 0.3) is 0 Å². The molecule has 2 aromatic rings. The van der Waals surface area contributed by atoms with Crippen LogP contribution < -0.4 is 5.32 Å². The van der Waals surface area contributed by atoms with E-state index in [9.17, 15) is 0 Å². The molecule has 0 saturated heterocycles. The molecule has 1 aromatic carbocycles. The van der Waals surface area contributed by atoms with Gasteiger partial charge in [0.05, 0.1) is 0 Å². The van der Waals surface area contributed by atoms with Gasteiger partial charge in [-0.25, -0.2) is 4.98 Å². The molecule has 1 atom stereocenters. The fourth-order valence-electron chi connectivity index (χ4n) is 1.87. The predicted molar refractivity (Wildman–Crippen MR) is 84.6 cm³/mol. The van der Waals surface area contributed by atoms with E-state index in [0.29, 0.717) is 6.04 Å². The van der Waals surface area contributed by atoms with E-state index in [1.165, 1.54) is 10.5 Å². The van der Waals surface area contributed by atoms with Crippen LogP contribution in [0, 0.1) is 0 Å². The Balaban J connectivity index is 2.28. The average Bonchev–Trinajstić information content (AvgIpc) is 2.42. The summed E-state index contributed by atoms with van der Waals surface area (Å²) in [5.41, 5.74) is 1.24. The van der Waals surface area contributed by atoms with E-state index < -0.39 is 0 Å². The van der Waals surface area contributed by atoms with Gasteiger partial charge in [0.2, 0.25) is 0 Å². The third-order valence-electron chi connectivity index (χ3n) is 2.82. The van der Waals surface area contributed by atoms with Crippen molar-refractivity contribution >= 4 is 27.7 Å². The van der Waals surface area contributed by atoms with Crippen LogP contribution in [0.4, 0.5) is 0 Å². The van der Waals surface area contributed by atoms with Crippen LogP contribution in [-0.4, -0.2) is 11.5 Å². The van der Waals surface area contributed by atoms with Gasteiger partial charge < -0.3 is 5.32 Å². The SMILES string of the molecule is CCNC(C)c1cccnc1Sc1ccccc1Br. The van der Waals surface area contributed by atoms with Crippen molar-refractivity contribution in [3.05, 3.63) is 52.6 Å². The lowest BCUT2D eigenvalue weighted by atomic mass is 10.1. The molecule has 1 aromatic heterocycles. The molecular formula is C15H17BrN2S. The van der Waals surface area contributed by atoms with Crippen molar-refractivity contribution in [2.75, 3.05) is 6.54 Å². The van der Waals surface area contributed by atoms with Gasteiger partial charge in [0, 0.05) is 27.2 Å². The Bertz CT molecular complexity index is 545. The van der Waals surface area contributed by atoms with Gasteiger partial charge in [0.25, 0.3) is 0 Å². The summed E-state index contributed by atoms with van der Waals surface area (Å²) in [5.74, 6) is 0. The zero-order chi connectivity index (χ0) is 13.7. The van der Waals surface area contributed by atoms with Crippen LogP contribution in [-0.2, 0) is 0 Å². The molecule has 0 spiro atoms. The first-order valence-corrected chi connectivity index (χ1v) is 7.94. The Morgan fingerprint density at radius 1 is 1.26 bits per heavy atom. The zero-order valence-corrected chi connectivity index (χ0v) is 13.5. The minimum atomic E-state index is 0.309. The van der Waals surface area contributed by atoms with Crippen molar-refractivity contribution in [1.29, 1.82) is 0 Å². The third kappa shape index (κ3) is 3.81. The molecular weight excluding hydrogens is 320 g/mol. The first-order chi connectivity index (χ1) is 9.22. The number of hydrogen-bond donors (Lipinski definition) is 1. The largest absolute Gasteiger partial charge is 0.310 e. The number of nitrogens with zero attached hydrogens (tertiary/aromatic N) is 1. The number of benzene rings is 1. The molecule has 1 N–H and O–H groups in total. The molecule has 0 aliphatic carbocycles. The van der Waals surface area contributed by atoms with E-state index >= 15 is 0 Å². The molecule has 2 nitrogen and oxygen atoms in total. The molecule has 0 radical (unpaired) electrons. The number of rotatable bonds is 5. The number of nitrogens with one attached hydrogen (secondary N) is 1. The predicted octanol–water partition coefficient (Wildman–Crippen LogP) is 4.67. The second kappa shape index (κ2) is 7.08. The molecule has 1 unspecified atom stereocenters. The first-order valence-electron chi connectivity index (χ1n) is 6.33. The van der Waals surface area contributed by atoms with Gasteiger partial charge >= 0.3 is 0 Å². The van der Waals surface area contributed by atoms with Gasteiger partial charge in [0.1, 0.15) is 5.03 Å². The highest BCUT2D eigenvalue weighted by atomic mass is 79.9. The molecule has 0 aliphatic heterocycles. The second-order valence-electron chi connectivity index (χ2n) is 4.21. The van der Waals surface area contributed by atoms with E-state index in [0.717, 1.165) is 16.0 Å². The van der Waals surface area contributed by atoms with Crippen LogP contribution >= 0.6 is 27.7 Å². The van der Waals surface area contributed by atoms with Gasteiger partial charge in [-0.05, 0) is 47.6 Å². The minimum Gasteiger partial charge on any atom is -0.310 e. The van der Waals surface area contributed by atoms with Gasteiger partial charge in [-0.2, -0.15) is 0 Å². The average molecular weight is 337 g/mol. The van der Waals surface area contributed by atoms with E-state index in [1.807, 2.05) is 24.4 Å². The maximum Gasteiger partial charge on any atom is 0.106 e. The van der Waals surface area contributed by atoms with Gasteiger partial charge in [0.15, 0.2) is 0 Å². The third-order valence-corrected chi connectivity index (χ3v) is 4.89. The van der Waals surface area contributed by atoms with Crippen LogP contribution in [0.1, 0.15) is 25.5 Å². The van der Waals surface area contributed by atoms with Crippen LogP contribution in [0.2, 0.25) is 0 Å². The Morgan fingerprint density at radius 2 is 2.05 bits per heavy atom. The molecule has 0 fully saturated rings. The fraction of sp³-hybridized carbons (Fsp3) is 0.267. The molecule has 1 heterocycles. The summed E-state index contributed by atoms with van der Waals surface area (Å²) in [7, 11) is 0. The molecule has 0 amide bonds. The normalized spacial score (nSPS) is 12.4. The Labute approximate surface area is 127 Å². The highest BCUT2D eigenvalue weighted by Gasteiger charge is 2.12. The van der Waals surface area contributed by atoms with Crippen molar-refractivity contribution < 1.29 is 0 Å². The second-order valence-corrected chi connectivity index (χ2v) is 6.09. The van der Waals surface area contributed by atoms with E-state index in [4.69, 9.17) is 0 Å². The van der Waals surface area contributed by atoms with Crippen molar-refractivity contribution in [3.63, 3.8) is 0 Å². The van der Waals surface area contributed by atoms with Crippen molar-refractivity contribution in [2.24, 2.45) is 0 Å². The topological polar surface area (TPSA) is 24.9 Å². The van der Waals surface area contributed by atoms with Crippen molar-refractivity contribution in [3.8, 4) is 0 Å². The van der Waals surface area contributed by atoms with E-state index in [-0.39, 0.29) is 0 Å². The Hall–Kier alpha value is -0.840. The smallest absolute Gasteiger partial charge is 0.106 e.